The van der Waals surface area contributed by atoms with E-state index in [0.29, 0.717) is 23.4 Å². The number of carbonyl (C=O) groups is 1. The van der Waals surface area contributed by atoms with Gasteiger partial charge in [0.25, 0.3) is 5.69 Å². The third-order valence-corrected chi connectivity index (χ3v) is 3.16. The summed E-state index contributed by atoms with van der Waals surface area (Å²) in [6.45, 7) is 0.935. The molecule has 0 aliphatic carbocycles. The van der Waals surface area contributed by atoms with Crippen molar-refractivity contribution in [1.29, 1.82) is 0 Å². The third-order valence-electron chi connectivity index (χ3n) is 2.55. The lowest BCUT2D eigenvalue weighted by atomic mass is 10.4. The molecule has 0 aliphatic heterocycles. The van der Waals surface area contributed by atoms with Crippen LogP contribution in [0.4, 0.5) is 11.5 Å². The van der Waals surface area contributed by atoms with Gasteiger partial charge in [0.15, 0.2) is 5.69 Å². The monoisotopic (exact) mass is 355 g/mol. The van der Waals surface area contributed by atoms with Gasteiger partial charge in [0.1, 0.15) is 12.0 Å². The first kappa shape index (κ1) is 14.9. The van der Waals surface area contributed by atoms with E-state index in [1.807, 2.05) is 0 Å². The van der Waals surface area contributed by atoms with E-state index in [1.54, 1.807) is 4.57 Å². The van der Waals surface area contributed by atoms with Crippen LogP contribution in [0.1, 0.15) is 10.5 Å². The van der Waals surface area contributed by atoms with E-state index in [-0.39, 0.29) is 11.4 Å². The molecule has 0 unspecified atom stereocenters. The first-order chi connectivity index (χ1) is 9.97. The highest BCUT2D eigenvalue weighted by Crippen LogP contribution is 2.24. The number of hydrogen-bond acceptors (Lipinski definition) is 6. The second-order valence-electron chi connectivity index (χ2n) is 4.01. The Morgan fingerprint density at radius 2 is 2.29 bits per heavy atom. The lowest BCUT2D eigenvalue weighted by Crippen LogP contribution is -2.10. The molecule has 0 atom stereocenters. The fraction of sp³-hybridized carbons (Fsp3) is 0.182. The molecule has 10 heteroatoms. The summed E-state index contributed by atoms with van der Waals surface area (Å²) in [6, 6.07) is 1.36. The van der Waals surface area contributed by atoms with Gasteiger partial charge in [-0.25, -0.2) is 14.8 Å². The summed E-state index contributed by atoms with van der Waals surface area (Å²) in [5, 5.41) is 22.3. The second-order valence-corrected chi connectivity index (χ2v) is 4.86. The Morgan fingerprint density at radius 1 is 1.52 bits per heavy atom. The number of carboxylic acids is 1. The fourth-order valence-corrected chi connectivity index (χ4v) is 2.03. The van der Waals surface area contributed by atoms with Crippen molar-refractivity contribution >= 4 is 33.4 Å². The average molecular weight is 356 g/mol. The molecule has 0 fully saturated rings. The Kier molecular flexibility index (Phi) is 4.48. The molecule has 2 heterocycles. The van der Waals surface area contributed by atoms with Crippen LogP contribution < -0.4 is 5.32 Å². The minimum Gasteiger partial charge on any atom is -0.476 e. The SMILES string of the molecule is O=C(O)c1cn(CCNc2ncc([N+](=O)[O-])cc2Br)cn1. The Hall–Kier alpha value is -2.49. The molecule has 0 aromatic carbocycles. The number of aromatic carboxylic acids is 1. The number of hydrogen-bond donors (Lipinski definition) is 2. The Morgan fingerprint density at radius 3 is 2.86 bits per heavy atom. The van der Waals surface area contributed by atoms with Gasteiger partial charge in [0.2, 0.25) is 0 Å². The van der Waals surface area contributed by atoms with Crippen molar-refractivity contribution < 1.29 is 14.8 Å². The zero-order valence-corrected chi connectivity index (χ0v) is 12.1. The quantitative estimate of drug-likeness (QED) is 0.597. The largest absolute Gasteiger partial charge is 0.476 e. The number of nitrogens with one attached hydrogen (secondary N) is 1. The molecule has 2 N–H and O–H groups in total. The van der Waals surface area contributed by atoms with E-state index in [1.165, 1.54) is 18.6 Å². The molecule has 21 heavy (non-hydrogen) atoms. The maximum Gasteiger partial charge on any atom is 0.356 e. The predicted octanol–water partition coefficient (Wildman–Crippen LogP) is 1.76. The van der Waals surface area contributed by atoms with Gasteiger partial charge in [0.05, 0.1) is 15.7 Å². The maximum absolute atomic E-state index is 10.7. The molecule has 0 saturated heterocycles. The molecule has 2 aromatic heterocycles. The molecule has 2 aromatic rings. The number of nitrogens with zero attached hydrogens (tertiary/aromatic N) is 4. The molecule has 9 nitrogen and oxygen atoms in total. The van der Waals surface area contributed by atoms with Crippen LogP contribution in [0.3, 0.4) is 0 Å². The Bertz CT molecular complexity index is 687. The first-order valence-corrected chi connectivity index (χ1v) is 6.55. The van der Waals surface area contributed by atoms with Crippen LogP contribution >= 0.6 is 15.9 Å². The van der Waals surface area contributed by atoms with Gasteiger partial charge in [0, 0.05) is 25.4 Å². The van der Waals surface area contributed by atoms with E-state index in [4.69, 9.17) is 5.11 Å². The molecule has 0 bridgehead atoms. The van der Waals surface area contributed by atoms with Gasteiger partial charge in [-0.15, -0.1) is 0 Å². The number of carboxylic acid groups (broad SMARTS) is 1. The highest BCUT2D eigenvalue weighted by atomic mass is 79.9. The number of aromatic nitrogens is 3. The van der Waals surface area contributed by atoms with Crippen molar-refractivity contribution in [1.82, 2.24) is 14.5 Å². The summed E-state index contributed by atoms with van der Waals surface area (Å²) in [5.74, 6) is -0.610. The summed E-state index contributed by atoms with van der Waals surface area (Å²) >= 11 is 3.20. The number of anilines is 1. The Labute approximate surface area is 126 Å². The highest BCUT2D eigenvalue weighted by Gasteiger charge is 2.10. The van der Waals surface area contributed by atoms with E-state index in [0.717, 1.165) is 6.20 Å². The molecular weight excluding hydrogens is 346 g/mol. The maximum atomic E-state index is 10.7. The van der Waals surface area contributed by atoms with Crippen molar-refractivity contribution in [3.63, 3.8) is 0 Å². The highest BCUT2D eigenvalue weighted by molar-refractivity contribution is 9.10. The van der Waals surface area contributed by atoms with Crippen LogP contribution in [0, 0.1) is 10.1 Å². The molecule has 0 spiro atoms. The summed E-state index contributed by atoms with van der Waals surface area (Å²) in [7, 11) is 0. The van der Waals surface area contributed by atoms with Gasteiger partial charge >= 0.3 is 5.97 Å². The van der Waals surface area contributed by atoms with Crippen molar-refractivity contribution in [2.75, 3.05) is 11.9 Å². The van der Waals surface area contributed by atoms with E-state index >= 15 is 0 Å². The average Bonchev–Trinajstić information content (AvgIpc) is 2.89. The summed E-state index contributed by atoms with van der Waals surface area (Å²) in [6.07, 6.45) is 4.00. The molecule has 0 radical (unpaired) electrons. The molecule has 2 rings (SSSR count). The van der Waals surface area contributed by atoms with Crippen LogP contribution in [-0.2, 0) is 6.54 Å². The van der Waals surface area contributed by atoms with Crippen LogP contribution in [0.15, 0.2) is 29.3 Å². The summed E-state index contributed by atoms with van der Waals surface area (Å²) in [5.41, 5.74) is -0.127. The molecular formula is C11H10BrN5O4. The zero-order chi connectivity index (χ0) is 15.4. The van der Waals surface area contributed by atoms with Crippen molar-refractivity contribution in [2.45, 2.75) is 6.54 Å². The van der Waals surface area contributed by atoms with Crippen molar-refractivity contribution in [3.8, 4) is 0 Å². The smallest absolute Gasteiger partial charge is 0.356 e. The number of nitro groups is 1. The van der Waals surface area contributed by atoms with E-state index in [9.17, 15) is 14.9 Å². The van der Waals surface area contributed by atoms with Crippen LogP contribution in [0.5, 0.6) is 0 Å². The molecule has 110 valence electrons. The molecule has 0 aliphatic rings. The van der Waals surface area contributed by atoms with Gasteiger partial charge < -0.3 is 15.0 Å². The van der Waals surface area contributed by atoms with Crippen LogP contribution in [0.25, 0.3) is 0 Å². The van der Waals surface area contributed by atoms with Gasteiger partial charge in [-0.3, -0.25) is 10.1 Å². The van der Waals surface area contributed by atoms with E-state index < -0.39 is 10.9 Å². The minimum absolute atomic E-state index is 0.0235. The van der Waals surface area contributed by atoms with Gasteiger partial charge in [-0.2, -0.15) is 0 Å². The van der Waals surface area contributed by atoms with E-state index in [2.05, 4.69) is 31.2 Å². The third kappa shape index (κ3) is 3.75. The fourth-order valence-electron chi connectivity index (χ4n) is 1.55. The molecule has 0 amide bonds. The topological polar surface area (TPSA) is 123 Å². The van der Waals surface area contributed by atoms with Gasteiger partial charge in [-0.05, 0) is 15.9 Å². The number of halogens is 1. The van der Waals surface area contributed by atoms with Crippen molar-refractivity contribution in [3.05, 3.63) is 45.1 Å². The second kappa shape index (κ2) is 6.31. The first-order valence-electron chi connectivity index (χ1n) is 5.76. The predicted molar refractivity (Wildman–Crippen MR) is 76.3 cm³/mol. The lowest BCUT2D eigenvalue weighted by Gasteiger charge is -2.07. The number of pyridine rings is 1. The number of rotatable bonds is 6. The zero-order valence-electron chi connectivity index (χ0n) is 10.6. The van der Waals surface area contributed by atoms with Crippen LogP contribution in [0.2, 0.25) is 0 Å². The van der Waals surface area contributed by atoms with Crippen molar-refractivity contribution in [2.24, 2.45) is 0 Å². The summed E-state index contributed by atoms with van der Waals surface area (Å²) in [4.78, 5) is 28.4. The van der Waals surface area contributed by atoms with Gasteiger partial charge in [-0.1, -0.05) is 0 Å². The normalized spacial score (nSPS) is 10.3. The Balaban J connectivity index is 1.93. The molecule has 0 saturated carbocycles. The standard InChI is InChI=1S/C11H10BrN5O4/c12-8-3-7(17(20)21)4-14-10(8)13-1-2-16-5-9(11(18)19)15-6-16/h3-6H,1-2H2,(H,13,14)(H,18,19). The lowest BCUT2D eigenvalue weighted by molar-refractivity contribution is -0.385. The van der Waals surface area contributed by atoms with Crippen LogP contribution in [-0.4, -0.2) is 37.1 Å². The summed E-state index contributed by atoms with van der Waals surface area (Å²) < 4.78 is 2.10. The minimum atomic E-state index is -1.08. The number of imidazole rings is 1.